The lowest BCUT2D eigenvalue weighted by Crippen LogP contribution is -2.30. The van der Waals surface area contributed by atoms with Crippen LogP contribution in [0.15, 0.2) is 28.7 Å². The molecule has 0 fully saturated rings. The fourth-order valence-corrected chi connectivity index (χ4v) is 2.91. The molecule has 0 radical (unpaired) electrons. The van der Waals surface area contributed by atoms with Gasteiger partial charge in [-0.1, -0.05) is 45.7 Å². The number of hydrogen-bond donors (Lipinski definition) is 2. The summed E-state index contributed by atoms with van der Waals surface area (Å²) in [6.07, 6.45) is 0.676. The second-order valence-electron chi connectivity index (χ2n) is 4.41. The van der Waals surface area contributed by atoms with Crippen LogP contribution in [0.1, 0.15) is 23.0 Å². The second kappa shape index (κ2) is 6.05. The summed E-state index contributed by atoms with van der Waals surface area (Å²) >= 11 is 9.82. The van der Waals surface area contributed by atoms with Crippen LogP contribution in [0.4, 0.5) is 0 Å². The molecule has 6 heteroatoms. The van der Waals surface area contributed by atoms with Crippen molar-refractivity contribution in [2.24, 2.45) is 12.9 Å². The first kappa shape index (κ1) is 14.5. The summed E-state index contributed by atoms with van der Waals surface area (Å²) in [5.74, 6) is 5.68. The summed E-state index contributed by atoms with van der Waals surface area (Å²) in [6.45, 7) is 1.90. The summed E-state index contributed by atoms with van der Waals surface area (Å²) in [5, 5.41) is 5.02. The van der Waals surface area contributed by atoms with Gasteiger partial charge in [-0.05, 0) is 18.6 Å². The molecule has 4 nitrogen and oxygen atoms in total. The van der Waals surface area contributed by atoms with Crippen LogP contribution in [-0.4, -0.2) is 9.78 Å². The van der Waals surface area contributed by atoms with Crippen molar-refractivity contribution < 1.29 is 0 Å². The highest BCUT2D eigenvalue weighted by Gasteiger charge is 2.19. The van der Waals surface area contributed by atoms with E-state index < -0.39 is 0 Å². The summed E-state index contributed by atoms with van der Waals surface area (Å²) < 4.78 is 2.83. The molecule has 0 aliphatic heterocycles. The minimum Gasteiger partial charge on any atom is -0.271 e. The largest absolute Gasteiger partial charge is 0.271 e. The van der Waals surface area contributed by atoms with Crippen molar-refractivity contribution in [2.75, 3.05) is 0 Å². The Hall–Kier alpha value is -0.880. The SMILES string of the molecule is Cc1nn(C)c(CC(NN)c2ccccc2Br)c1Cl. The van der Waals surface area contributed by atoms with E-state index in [1.807, 2.05) is 38.2 Å². The van der Waals surface area contributed by atoms with Gasteiger partial charge >= 0.3 is 0 Å². The molecular formula is C13H16BrClN4. The summed E-state index contributed by atoms with van der Waals surface area (Å²) in [6, 6.07) is 7.97. The molecule has 1 heterocycles. The number of halogens is 2. The van der Waals surface area contributed by atoms with Crippen LogP contribution in [0.5, 0.6) is 0 Å². The molecule has 19 heavy (non-hydrogen) atoms. The van der Waals surface area contributed by atoms with Crippen LogP contribution >= 0.6 is 27.5 Å². The zero-order valence-electron chi connectivity index (χ0n) is 10.8. The molecule has 102 valence electrons. The van der Waals surface area contributed by atoms with Crippen LogP contribution in [0.2, 0.25) is 5.02 Å². The third-order valence-corrected chi connectivity index (χ3v) is 4.35. The van der Waals surface area contributed by atoms with Crippen molar-refractivity contribution in [3.8, 4) is 0 Å². The van der Waals surface area contributed by atoms with Gasteiger partial charge in [-0.3, -0.25) is 16.0 Å². The number of aryl methyl sites for hydroxylation is 2. The average Bonchev–Trinajstić information content (AvgIpc) is 2.63. The molecule has 1 aromatic carbocycles. The summed E-state index contributed by atoms with van der Waals surface area (Å²) in [5.41, 5.74) is 5.74. The lowest BCUT2D eigenvalue weighted by atomic mass is 10.0. The first-order chi connectivity index (χ1) is 9.04. The van der Waals surface area contributed by atoms with Crippen molar-refractivity contribution in [1.82, 2.24) is 15.2 Å². The average molecular weight is 344 g/mol. The minimum atomic E-state index is -0.0251. The smallest absolute Gasteiger partial charge is 0.0847 e. The standard InChI is InChI=1S/C13H16BrClN4/c1-8-13(15)12(19(2)18-8)7-11(17-16)9-5-3-4-6-10(9)14/h3-6,11,17H,7,16H2,1-2H3. The normalized spacial score (nSPS) is 12.7. The predicted octanol–water partition coefficient (Wildman–Crippen LogP) is 2.89. The van der Waals surface area contributed by atoms with Crippen molar-refractivity contribution in [2.45, 2.75) is 19.4 Å². The molecule has 0 spiro atoms. The Balaban J connectivity index is 2.32. The van der Waals surface area contributed by atoms with E-state index in [9.17, 15) is 0 Å². The molecule has 1 atom stereocenters. The maximum absolute atomic E-state index is 6.28. The Bertz CT molecular complexity index is 582. The summed E-state index contributed by atoms with van der Waals surface area (Å²) in [7, 11) is 1.89. The molecule has 2 rings (SSSR count). The Morgan fingerprint density at radius 3 is 2.68 bits per heavy atom. The molecule has 0 bridgehead atoms. The van der Waals surface area contributed by atoms with Crippen LogP contribution < -0.4 is 11.3 Å². The third-order valence-electron chi connectivity index (χ3n) is 3.14. The van der Waals surface area contributed by atoms with Gasteiger partial charge in [0.15, 0.2) is 0 Å². The van der Waals surface area contributed by atoms with Gasteiger partial charge in [-0.15, -0.1) is 0 Å². The lowest BCUT2D eigenvalue weighted by molar-refractivity contribution is 0.528. The number of aromatic nitrogens is 2. The predicted molar refractivity (Wildman–Crippen MR) is 80.9 cm³/mol. The van der Waals surface area contributed by atoms with Crippen molar-refractivity contribution in [3.63, 3.8) is 0 Å². The summed E-state index contributed by atoms with van der Waals surface area (Å²) in [4.78, 5) is 0. The van der Waals surface area contributed by atoms with E-state index in [1.165, 1.54) is 0 Å². The highest BCUT2D eigenvalue weighted by molar-refractivity contribution is 9.10. The first-order valence-electron chi connectivity index (χ1n) is 5.93. The molecule has 0 amide bonds. The molecular weight excluding hydrogens is 328 g/mol. The van der Waals surface area contributed by atoms with E-state index in [4.69, 9.17) is 17.4 Å². The van der Waals surface area contributed by atoms with Crippen LogP contribution in [0, 0.1) is 6.92 Å². The number of nitrogens with zero attached hydrogens (tertiary/aromatic N) is 2. The van der Waals surface area contributed by atoms with Crippen LogP contribution in [0.25, 0.3) is 0 Å². The van der Waals surface area contributed by atoms with E-state index in [1.54, 1.807) is 4.68 Å². The number of nitrogens with two attached hydrogens (primary N) is 1. The number of hydrogen-bond acceptors (Lipinski definition) is 3. The Labute approximate surface area is 126 Å². The molecule has 3 N–H and O–H groups in total. The zero-order valence-corrected chi connectivity index (χ0v) is 13.2. The maximum atomic E-state index is 6.28. The van der Waals surface area contributed by atoms with Crippen molar-refractivity contribution in [1.29, 1.82) is 0 Å². The monoisotopic (exact) mass is 342 g/mol. The van der Waals surface area contributed by atoms with Gasteiger partial charge < -0.3 is 0 Å². The van der Waals surface area contributed by atoms with E-state index in [0.717, 1.165) is 21.4 Å². The molecule has 0 saturated heterocycles. The first-order valence-corrected chi connectivity index (χ1v) is 7.10. The van der Waals surface area contributed by atoms with Gasteiger partial charge in [0.2, 0.25) is 0 Å². The van der Waals surface area contributed by atoms with Gasteiger partial charge in [-0.2, -0.15) is 5.10 Å². The highest BCUT2D eigenvalue weighted by Crippen LogP contribution is 2.28. The fraction of sp³-hybridized carbons (Fsp3) is 0.308. The van der Waals surface area contributed by atoms with Crippen molar-refractivity contribution in [3.05, 3.63) is 50.7 Å². The van der Waals surface area contributed by atoms with E-state index in [-0.39, 0.29) is 6.04 Å². The van der Waals surface area contributed by atoms with Gasteiger partial charge in [0.1, 0.15) is 0 Å². The molecule has 2 aromatic rings. The molecule has 0 aliphatic rings. The van der Waals surface area contributed by atoms with E-state index >= 15 is 0 Å². The van der Waals surface area contributed by atoms with Gasteiger partial charge in [-0.25, -0.2) is 0 Å². The highest BCUT2D eigenvalue weighted by atomic mass is 79.9. The Morgan fingerprint density at radius 1 is 1.47 bits per heavy atom. The fourth-order valence-electron chi connectivity index (χ4n) is 2.11. The van der Waals surface area contributed by atoms with Crippen LogP contribution in [0.3, 0.4) is 0 Å². The molecule has 1 unspecified atom stereocenters. The van der Waals surface area contributed by atoms with Crippen molar-refractivity contribution >= 4 is 27.5 Å². The van der Waals surface area contributed by atoms with E-state index in [0.29, 0.717) is 11.4 Å². The zero-order chi connectivity index (χ0) is 14.0. The minimum absolute atomic E-state index is 0.0251. The van der Waals surface area contributed by atoms with Gasteiger partial charge in [0.05, 0.1) is 22.5 Å². The molecule has 0 saturated carbocycles. The quantitative estimate of drug-likeness (QED) is 0.663. The second-order valence-corrected chi connectivity index (χ2v) is 5.65. The van der Waals surface area contributed by atoms with E-state index in [2.05, 4.69) is 26.5 Å². The number of benzene rings is 1. The molecule has 0 aliphatic carbocycles. The van der Waals surface area contributed by atoms with Gasteiger partial charge in [0, 0.05) is 17.9 Å². The van der Waals surface area contributed by atoms with Gasteiger partial charge in [0.25, 0.3) is 0 Å². The lowest BCUT2D eigenvalue weighted by Gasteiger charge is -2.18. The number of rotatable bonds is 4. The third kappa shape index (κ3) is 3.00. The Kier molecular flexibility index (Phi) is 4.62. The Morgan fingerprint density at radius 2 is 2.16 bits per heavy atom. The topological polar surface area (TPSA) is 55.9 Å². The number of hydrazine groups is 1. The van der Waals surface area contributed by atoms with Crippen LogP contribution in [-0.2, 0) is 13.5 Å². The number of nitrogens with one attached hydrogen (secondary N) is 1. The maximum Gasteiger partial charge on any atom is 0.0847 e. The molecule has 1 aromatic heterocycles.